The lowest BCUT2D eigenvalue weighted by Gasteiger charge is -2.19. The van der Waals surface area contributed by atoms with E-state index in [1.54, 1.807) is 26.1 Å². The highest BCUT2D eigenvalue weighted by Gasteiger charge is 2.10. The number of amides is 1. The molecular weight excluding hydrogens is 355 g/mol. The third-order valence-corrected chi connectivity index (χ3v) is 4.45. The number of nitrogens with zero attached hydrogens (tertiary/aromatic N) is 1. The first kappa shape index (κ1) is 21.4. The summed E-state index contributed by atoms with van der Waals surface area (Å²) < 4.78 is 13.8. The molecule has 28 heavy (non-hydrogen) atoms. The van der Waals surface area contributed by atoms with Crippen LogP contribution < -0.4 is 16.0 Å². The number of hydrogen-bond donors (Lipinski definition) is 3. The van der Waals surface area contributed by atoms with Crippen molar-refractivity contribution in [3.63, 3.8) is 0 Å². The van der Waals surface area contributed by atoms with E-state index in [1.165, 1.54) is 0 Å². The summed E-state index contributed by atoms with van der Waals surface area (Å²) in [5.41, 5.74) is 3.34. The number of aliphatic imine (C=N–C) groups is 1. The Morgan fingerprint density at radius 2 is 1.89 bits per heavy atom. The molecule has 2 aromatic rings. The molecule has 0 bridgehead atoms. The summed E-state index contributed by atoms with van der Waals surface area (Å²) in [7, 11) is 1.70. The summed E-state index contributed by atoms with van der Waals surface area (Å²) >= 11 is 0. The molecule has 2 aromatic carbocycles. The van der Waals surface area contributed by atoms with Crippen molar-refractivity contribution < 1.29 is 9.18 Å². The van der Waals surface area contributed by atoms with E-state index in [0.29, 0.717) is 24.5 Å². The monoisotopic (exact) mass is 384 g/mol. The van der Waals surface area contributed by atoms with Crippen molar-refractivity contribution in [2.75, 3.05) is 12.4 Å². The predicted molar refractivity (Wildman–Crippen MR) is 113 cm³/mol. The van der Waals surface area contributed by atoms with Gasteiger partial charge in [-0.2, -0.15) is 0 Å². The molecule has 0 spiro atoms. The number of carbonyl (C=O) groups excluding carboxylic acids is 1. The third kappa shape index (κ3) is 6.37. The second-order valence-electron chi connectivity index (χ2n) is 6.80. The Bertz CT molecular complexity index is 818. The largest absolute Gasteiger partial charge is 0.352 e. The summed E-state index contributed by atoms with van der Waals surface area (Å²) in [6, 6.07) is 12.8. The molecule has 0 aliphatic carbocycles. The second-order valence-corrected chi connectivity index (χ2v) is 6.80. The molecule has 3 N–H and O–H groups in total. The molecule has 5 nitrogen and oxygen atoms in total. The van der Waals surface area contributed by atoms with E-state index in [4.69, 9.17) is 0 Å². The highest BCUT2D eigenvalue weighted by molar-refractivity contribution is 5.90. The molecule has 1 atom stereocenters. The van der Waals surface area contributed by atoms with Gasteiger partial charge in [0.1, 0.15) is 5.82 Å². The fourth-order valence-corrected chi connectivity index (χ4v) is 2.70. The Morgan fingerprint density at radius 3 is 2.50 bits per heavy atom. The Labute approximate surface area is 166 Å². The molecule has 0 fully saturated rings. The number of benzene rings is 2. The maximum Gasteiger partial charge on any atom is 0.224 e. The fraction of sp³-hybridized carbons (Fsp3) is 0.364. The number of hydrogen-bond acceptors (Lipinski definition) is 2. The van der Waals surface area contributed by atoms with Crippen molar-refractivity contribution in [2.24, 2.45) is 4.99 Å². The van der Waals surface area contributed by atoms with Gasteiger partial charge in [0.15, 0.2) is 5.96 Å². The normalized spacial score (nSPS) is 12.4. The van der Waals surface area contributed by atoms with Crippen molar-refractivity contribution in [3.8, 4) is 0 Å². The summed E-state index contributed by atoms with van der Waals surface area (Å²) in [6.07, 6.45) is 1.35. The van der Waals surface area contributed by atoms with Crippen LogP contribution in [0, 0.1) is 12.7 Å². The number of aryl methyl sites for hydroxylation is 1. The van der Waals surface area contributed by atoms with Gasteiger partial charge in [0.2, 0.25) is 5.91 Å². The number of guanidine groups is 1. The molecule has 0 heterocycles. The van der Waals surface area contributed by atoms with E-state index in [-0.39, 0.29) is 17.8 Å². The molecule has 0 saturated heterocycles. The molecule has 6 heteroatoms. The van der Waals surface area contributed by atoms with Gasteiger partial charge < -0.3 is 16.0 Å². The van der Waals surface area contributed by atoms with Crippen LogP contribution in [0.1, 0.15) is 49.4 Å². The quantitative estimate of drug-likeness (QED) is 0.493. The van der Waals surface area contributed by atoms with Crippen LogP contribution >= 0.6 is 0 Å². The number of nitrogens with one attached hydrogen (secondary N) is 3. The zero-order valence-corrected chi connectivity index (χ0v) is 17.0. The fourth-order valence-electron chi connectivity index (χ4n) is 2.70. The Kier molecular flexibility index (Phi) is 7.99. The van der Waals surface area contributed by atoms with Crippen LogP contribution in [0.25, 0.3) is 0 Å². The van der Waals surface area contributed by atoms with Gasteiger partial charge in [-0.1, -0.05) is 31.2 Å². The minimum Gasteiger partial charge on any atom is -0.352 e. The smallest absolute Gasteiger partial charge is 0.224 e. The first-order chi connectivity index (χ1) is 13.4. The molecule has 0 saturated carbocycles. The van der Waals surface area contributed by atoms with E-state index >= 15 is 0 Å². The van der Waals surface area contributed by atoms with Crippen molar-refractivity contribution in [2.45, 2.75) is 46.2 Å². The lowest BCUT2D eigenvalue weighted by atomic mass is 10.1. The molecule has 2 rings (SSSR count). The van der Waals surface area contributed by atoms with Gasteiger partial charge in [-0.15, -0.1) is 0 Å². The summed E-state index contributed by atoms with van der Waals surface area (Å²) in [5, 5.41) is 9.39. The van der Waals surface area contributed by atoms with Crippen molar-refractivity contribution in [1.29, 1.82) is 0 Å². The van der Waals surface area contributed by atoms with Crippen LogP contribution in [-0.4, -0.2) is 18.9 Å². The number of halogens is 1. The molecule has 0 aliphatic rings. The van der Waals surface area contributed by atoms with Gasteiger partial charge >= 0.3 is 0 Å². The van der Waals surface area contributed by atoms with Gasteiger partial charge in [-0.05, 0) is 55.2 Å². The van der Waals surface area contributed by atoms with E-state index < -0.39 is 0 Å². The maximum absolute atomic E-state index is 13.8. The lowest BCUT2D eigenvalue weighted by molar-refractivity contribution is -0.116. The molecule has 1 amide bonds. The topological polar surface area (TPSA) is 65.5 Å². The van der Waals surface area contributed by atoms with E-state index in [0.717, 1.165) is 23.2 Å². The zero-order chi connectivity index (χ0) is 20.5. The van der Waals surface area contributed by atoms with Crippen LogP contribution in [-0.2, 0) is 11.3 Å². The second kappa shape index (κ2) is 10.4. The molecule has 0 radical (unpaired) electrons. The predicted octanol–water partition coefficient (Wildman–Crippen LogP) is 4.30. The average Bonchev–Trinajstić information content (AvgIpc) is 2.68. The van der Waals surface area contributed by atoms with Crippen LogP contribution in [0.2, 0.25) is 0 Å². The summed E-state index contributed by atoms with van der Waals surface area (Å²) in [4.78, 5) is 15.9. The first-order valence-electron chi connectivity index (χ1n) is 9.55. The maximum atomic E-state index is 13.8. The lowest BCUT2D eigenvalue weighted by Crippen LogP contribution is -2.38. The van der Waals surface area contributed by atoms with Crippen molar-refractivity contribution >= 4 is 17.6 Å². The minimum absolute atomic E-state index is 0.0273. The van der Waals surface area contributed by atoms with Crippen molar-refractivity contribution in [3.05, 3.63) is 65.0 Å². The number of rotatable bonds is 7. The number of anilines is 1. The minimum atomic E-state index is -0.208. The van der Waals surface area contributed by atoms with Gasteiger partial charge in [0, 0.05) is 25.7 Å². The zero-order valence-electron chi connectivity index (χ0n) is 17.0. The summed E-state index contributed by atoms with van der Waals surface area (Å²) in [5.74, 6) is 0.452. The first-order valence-corrected chi connectivity index (χ1v) is 9.55. The molecule has 150 valence electrons. The van der Waals surface area contributed by atoms with Gasteiger partial charge in [0.05, 0.1) is 6.04 Å². The average molecular weight is 384 g/mol. The molecule has 0 aromatic heterocycles. The van der Waals surface area contributed by atoms with E-state index in [9.17, 15) is 9.18 Å². The summed E-state index contributed by atoms with van der Waals surface area (Å²) in [6.45, 7) is 6.27. The van der Waals surface area contributed by atoms with Crippen LogP contribution in [0.4, 0.5) is 10.1 Å². The standard InChI is InChI=1S/C22H29FN4O/c1-5-6-21(28)27-19-11-8-17(9-12-19)14-25-22(24-4)26-16(3)18-10-7-15(2)20(23)13-18/h7-13,16H,5-6,14H2,1-4H3,(H,27,28)(H2,24,25,26). The molecule has 0 aliphatic heterocycles. The van der Waals surface area contributed by atoms with Gasteiger partial charge in [0.25, 0.3) is 0 Å². The highest BCUT2D eigenvalue weighted by atomic mass is 19.1. The van der Waals surface area contributed by atoms with Gasteiger partial charge in [-0.25, -0.2) is 4.39 Å². The Balaban J connectivity index is 1.89. The van der Waals surface area contributed by atoms with E-state index in [1.807, 2.05) is 44.2 Å². The third-order valence-electron chi connectivity index (χ3n) is 4.45. The molecular formula is C22H29FN4O. The highest BCUT2D eigenvalue weighted by Crippen LogP contribution is 2.16. The van der Waals surface area contributed by atoms with E-state index in [2.05, 4.69) is 20.9 Å². The van der Waals surface area contributed by atoms with Crippen LogP contribution in [0.15, 0.2) is 47.5 Å². The Hall–Kier alpha value is -2.89. The van der Waals surface area contributed by atoms with Gasteiger partial charge in [-0.3, -0.25) is 9.79 Å². The molecule has 1 unspecified atom stereocenters. The SMILES string of the molecule is CCCC(=O)Nc1ccc(CNC(=NC)NC(C)c2ccc(C)c(F)c2)cc1. The Morgan fingerprint density at radius 1 is 1.18 bits per heavy atom. The number of carbonyl (C=O) groups is 1. The van der Waals surface area contributed by atoms with Crippen molar-refractivity contribution in [1.82, 2.24) is 10.6 Å². The van der Waals surface area contributed by atoms with Crippen LogP contribution in [0.3, 0.4) is 0 Å². The van der Waals surface area contributed by atoms with Crippen LogP contribution in [0.5, 0.6) is 0 Å².